The van der Waals surface area contributed by atoms with Crippen LogP contribution in [0.5, 0.6) is 0 Å². The highest BCUT2D eigenvalue weighted by Crippen LogP contribution is 2.28. The number of rotatable bonds is 7. The van der Waals surface area contributed by atoms with Gasteiger partial charge in [0, 0.05) is 12.7 Å². The number of benzene rings is 1. The average molecular weight is 412 g/mol. The molecule has 8 nitrogen and oxygen atoms in total. The SMILES string of the molecule is CCCNC(=O)NC(=O)COC(=O)c1cn(-c2ccccc2)nc1-c1cccs1. The normalized spacial score (nSPS) is 10.4. The van der Waals surface area contributed by atoms with Crippen LogP contribution >= 0.6 is 11.3 Å². The van der Waals surface area contributed by atoms with Gasteiger partial charge in [0.2, 0.25) is 0 Å². The van der Waals surface area contributed by atoms with E-state index in [1.807, 2.05) is 54.8 Å². The van der Waals surface area contributed by atoms with Crippen molar-refractivity contribution in [1.82, 2.24) is 20.4 Å². The number of hydrogen-bond acceptors (Lipinski definition) is 6. The molecule has 2 aromatic heterocycles. The number of nitrogens with zero attached hydrogens (tertiary/aromatic N) is 2. The maximum atomic E-state index is 12.6. The number of amides is 3. The molecule has 3 aromatic rings. The number of nitrogens with one attached hydrogen (secondary N) is 2. The largest absolute Gasteiger partial charge is 0.452 e. The predicted molar refractivity (Wildman–Crippen MR) is 109 cm³/mol. The molecule has 0 aliphatic rings. The van der Waals surface area contributed by atoms with Crippen LogP contribution in [0.25, 0.3) is 16.3 Å². The van der Waals surface area contributed by atoms with Gasteiger partial charge in [-0.15, -0.1) is 11.3 Å². The smallest absolute Gasteiger partial charge is 0.342 e. The molecule has 9 heteroatoms. The van der Waals surface area contributed by atoms with E-state index in [1.54, 1.807) is 10.9 Å². The molecule has 0 radical (unpaired) electrons. The van der Waals surface area contributed by atoms with Gasteiger partial charge in [-0.05, 0) is 30.0 Å². The predicted octanol–water partition coefficient (Wildman–Crippen LogP) is 2.99. The van der Waals surface area contributed by atoms with Crippen LogP contribution in [-0.2, 0) is 9.53 Å². The Labute approximate surface area is 171 Å². The van der Waals surface area contributed by atoms with Crippen LogP contribution in [0.2, 0.25) is 0 Å². The molecule has 0 bridgehead atoms. The standard InChI is InChI=1S/C20H20N4O4S/c1-2-10-21-20(27)22-17(25)13-28-19(26)15-12-24(14-7-4-3-5-8-14)23-18(15)16-9-6-11-29-16/h3-9,11-12H,2,10,13H2,1H3,(H2,21,22,25,27). The van der Waals surface area contributed by atoms with Crippen molar-refractivity contribution in [2.75, 3.05) is 13.2 Å². The Morgan fingerprint density at radius 2 is 1.93 bits per heavy atom. The van der Waals surface area contributed by atoms with Gasteiger partial charge in [-0.2, -0.15) is 5.10 Å². The van der Waals surface area contributed by atoms with Crippen molar-refractivity contribution in [2.24, 2.45) is 0 Å². The van der Waals surface area contributed by atoms with Gasteiger partial charge in [-0.3, -0.25) is 10.1 Å². The average Bonchev–Trinajstić information content (AvgIpc) is 3.41. The topological polar surface area (TPSA) is 102 Å². The van der Waals surface area contributed by atoms with Gasteiger partial charge < -0.3 is 10.1 Å². The molecular weight excluding hydrogens is 392 g/mol. The summed E-state index contributed by atoms with van der Waals surface area (Å²) in [6.45, 7) is 1.77. The summed E-state index contributed by atoms with van der Waals surface area (Å²) in [4.78, 5) is 36.7. The Kier molecular flexibility index (Phi) is 6.75. The lowest BCUT2D eigenvalue weighted by Crippen LogP contribution is -2.41. The van der Waals surface area contributed by atoms with E-state index in [9.17, 15) is 14.4 Å². The zero-order valence-corrected chi connectivity index (χ0v) is 16.6. The minimum Gasteiger partial charge on any atom is -0.452 e. The first-order chi connectivity index (χ1) is 14.1. The van der Waals surface area contributed by atoms with E-state index in [0.717, 1.165) is 17.0 Å². The molecule has 0 saturated carbocycles. The first kappa shape index (κ1) is 20.3. The number of carbonyl (C=O) groups is 3. The highest BCUT2D eigenvalue weighted by atomic mass is 32.1. The third-order valence-electron chi connectivity index (χ3n) is 3.83. The van der Waals surface area contributed by atoms with Gasteiger partial charge in [0.05, 0.1) is 10.6 Å². The molecule has 0 atom stereocenters. The number of ether oxygens (including phenoxy) is 1. The number of hydrogen-bond donors (Lipinski definition) is 2. The van der Waals surface area contributed by atoms with Crippen molar-refractivity contribution < 1.29 is 19.1 Å². The van der Waals surface area contributed by atoms with Crippen molar-refractivity contribution in [3.05, 3.63) is 59.6 Å². The minimum absolute atomic E-state index is 0.236. The molecule has 2 heterocycles. The highest BCUT2D eigenvalue weighted by Gasteiger charge is 2.21. The number of imide groups is 1. The second kappa shape index (κ2) is 9.65. The fourth-order valence-corrected chi connectivity index (χ4v) is 3.21. The molecule has 0 saturated heterocycles. The molecule has 1 aromatic carbocycles. The van der Waals surface area contributed by atoms with E-state index in [-0.39, 0.29) is 5.56 Å². The molecule has 29 heavy (non-hydrogen) atoms. The quantitative estimate of drug-likeness (QED) is 0.581. The lowest BCUT2D eigenvalue weighted by molar-refractivity contribution is -0.123. The van der Waals surface area contributed by atoms with E-state index >= 15 is 0 Å². The Morgan fingerprint density at radius 1 is 1.14 bits per heavy atom. The van der Waals surface area contributed by atoms with Gasteiger partial charge in [0.15, 0.2) is 6.61 Å². The maximum absolute atomic E-state index is 12.6. The molecule has 0 fully saturated rings. The molecular formula is C20H20N4O4S. The van der Waals surface area contributed by atoms with Gasteiger partial charge in [0.25, 0.3) is 5.91 Å². The third-order valence-corrected chi connectivity index (χ3v) is 4.71. The van der Waals surface area contributed by atoms with Crippen LogP contribution in [0.15, 0.2) is 54.0 Å². The summed E-state index contributed by atoms with van der Waals surface area (Å²) >= 11 is 1.44. The third kappa shape index (κ3) is 5.29. The summed E-state index contributed by atoms with van der Waals surface area (Å²) in [5.74, 6) is -1.40. The zero-order valence-electron chi connectivity index (χ0n) is 15.8. The lowest BCUT2D eigenvalue weighted by atomic mass is 10.2. The monoisotopic (exact) mass is 412 g/mol. The summed E-state index contributed by atoms with van der Waals surface area (Å²) in [7, 11) is 0. The number of para-hydroxylation sites is 1. The fraction of sp³-hybridized carbons (Fsp3) is 0.200. The van der Waals surface area contributed by atoms with Crippen molar-refractivity contribution in [3.8, 4) is 16.3 Å². The van der Waals surface area contributed by atoms with Crippen molar-refractivity contribution in [2.45, 2.75) is 13.3 Å². The molecule has 3 amide bonds. The van der Waals surface area contributed by atoms with E-state index < -0.39 is 24.5 Å². The first-order valence-electron chi connectivity index (χ1n) is 9.02. The summed E-state index contributed by atoms with van der Waals surface area (Å²) in [6, 6.07) is 12.4. The fourth-order valence-electron chi connectivity index (χ4n) is 2.49. The molecule has 3 rings (SSSR count). The minimum atomic E-state index is -0.708. The Morgan fingerprint density at radius 3 is 2.62 bits per heavy atom. The van der Waals surface area contributed by atoms with Crippen LogP contribution in [-0.4, -0.2) is 40.8 Å². The molecule has 0 unspecified atom stereocenters. The maximum Gasteiger partial charge on any atom is 0.342 e. The van der Waals surface area contributed by atoms with Crippen LogP contribution in [0.4, 0.5) is 4.79 Å². The van der Waals surface area contributed by atoms with Gasteiger partial charge in [0.1, 0.15) is 11.3 Å². The lowest BCUT2D eigenvalue weighted by Gasteiger charge is -2.06. The number of aromatic nitrogens is 2. The molecule has 2 N–H and O–H groups in total. The van der Waals surface area contributed by atoms with E-state index in [4.69, 9.17) is 4.74 Å². The number of esters is 1. The van der Waals surface area contributed by atoms with Crippen molar-refractivity contribution in [3.63, 3.8) is 0 Å². The Hall–Kier alpha value is -3.46. The highest BCUT2D eigenvalue weighted by molar-refractivity contribution is 7.13. The molecule has 0 aliphatic heterocycles. The summed E-state index contributed by atoms with van der Waals surface area (Å²) < 4.78 is 6.69. The van der Waals surface area contributed by atoms with E-state index in [0.29, 0.717) is 12.2 Å². The summed E-state index contributed by atoms with van der Waals surface area (Å²) in [5, 5.41) is 11.0. The first-order valence-corrected chi connectivity index (χ1v) is 9.90. The van der Waals surface area contributed by atoms with E-state index in [2.05, 4.69) is 15.7 Å². The van der Waals surface area contributed by atoms with Gasteiger partial charge in [-0.25, -0.2) is 14.3 Å². The van der Waals surface area contributed by atoms with Crippen LogP contribution < -0.4 is 10.6 Å². The van der Waals surface area contributed by atoms with Crippen molar-refractivity contribution in [1.29, 1.82) is 0 Å². The van der Waals surface area contributed by atoms with Crippen molar-refractivity contribution >= 4 is 29.2 Å². The molecule has 0 spiro atoms. The summed E-state index contributed by atoms with van der Waals surface area (Å²) in [5.41, 5.74) is 1.49. The number of thiophene rings is 1. The van der Waals surface area contributed by atoms with Crippen LogP contribution in [0.3, 0.4) is 0 Å². The molecule has 0 aliphatic carbocycles. The zero-order chi connectivity index (χ0) is 20.6. The molecule has 150 valence electrons. The Balaban J connectivity index is 1.73. The Bertz CT molecular complexity index is 983. The van der Waals surface area contributed by atoms with Crippen LogP contribution in [0, 0.1) is 0 Å². The second-order valence-corrected chi connectivity index (χ2v) is 6.98. The van der Waals surface area contributed by atoms with Gasteiger partial charge in [-0.1, -0.05) is 31.2 Å². The van der Waals surface area contributed by atoms with Crippen LogP contribution in [0.1, 0.15) is 23.7 Å². The van der Waals surface area contributed by atoms with E-state index in [1.165, 1.54) is 11.3 Å². The van der Waals surface area contributed by atoms with Gasteiger partial charge >= 0.3 is 12.0 Å². The number of urea groups is 1. The summed E-state index contributed by atoms with van der Waals surface area (Å²) in [6.07, 6.45) is 2.31. The number of carbonyl (C=O) groups excluding carboxylic acids is 3. The second-order valence-electron chi connectivity index (χ2n) is 6.03.